The largest absolute Gasteiger partial charge is 0.416 e. The first-order chi connectivity index (χ1) is 11.2. The Morgan fingerprint density at radius 3 is 2.65 bits per heavy atom. The third-order valence-corrected chi connectivity index (χ3v) is 4.63. The lowest BCUT2D eigenvalue weighted by molar-refractivity contribution is 0.404. The van der Waals surface area contributed by atoms with Crippen molar-refractivity contribution in [1.29, 1.82) is 0 Å². The van der Waals surface area contributed by atoms with Crippen LogP contribution in [0.5, 0.6) is 0 Å². The predicted octanol–water partition coefficient (Wildman–Crippen LogP) is 5.02. The van der Waals surface area contributed by atoms with Gasteiger partial charge in [0.25, 0.3) is 5.22 Å². The molecular weight excluding hydrogens is 304 g/mol. The molecule has 0 spiro atoms. The fourth-order valence-corrected chi connectivity index (χ4v) is 3.21. The highest BCUT2D eigenvalue weighted by Gasteiger charge is 2.12. The monoisotopic (exact) mass is 324 g/mol. The van der Waals surface area contributed by atoms with Crippen molar-refractivity contribution >= 4 is 11.8 Å². The number of rotatable bonds is 6. The van der Waals surface area contributed by atoms with Crippen LogP contribution in [-0.2, 0) is 12.2 Å². The molecule has 23 heavy (non-hydrogen) atoms. The number of nitrogens with zero attached hydrogens (tertiary/aromatic N) is 2. The number of benzene rings is 2. The zero-order chi connectivity index (χ0) is 16.1. The van der Waals surface area contributed by atoms with Gasteiger partial charge in [-0.2, -0.15) is 0 Å². The SMILES string of the molecule is Cc1cccc(CSc2nnc(CC(C)c3ccccc3)o2)c1. The fourth-order valence-electron chi connectivity index (χ4n) is 2.49. The molecular formula is C19H20N2OS. The minimum Gasteiger partial charge on any atom is -0.416 e. The average molecular weight is 324 g/mol. The van der Waals surface area contributed by atoms with Gasteiger partial charge in [0.2, 0.25) is 5.89 Å². The Morgan fingerprint density at radius 2 is 1.87 bits per heavy atom. The van der Waals surface area contributed by atoms with Gasteiger partial charge in [0, 0.05) is 12.2 Å². The molecule has 0 aliphatic carbocycles. The summed E-state index contributed by atoms with van der Waals surface area (Å²) < 4.78 is 5.77. The average Bonchev–Trinajstić information content (AvgIpc) is 3.01. The molecule has 1 atom stereocenters. The van der Waals surface area contributed by atoms with E-state index in [1.165, 1.54) is 16.7 Å². The van der Waals surface area contributed by atoms with Crippen molar-refractivity contribution in [3.05, 3.63) is 77.2 Å². The molecule has 0 bridgehead atoms. The first-order valence-electron chi connectivity index (χ1n) is 7.76. The summed E-state index contributed by atoms with van der Waals surface area (Å²) >= 11 is 1.59. The topological polar surface area (TPSA) is 38.9 Å². The molecule has 3 aromatic rings. The molecule has 0 radical (unpaired) electrons. The second-order valence-electron chi connectivity index (χ2n) is 5.76. The summed E-state index contributed by atoms with van der Waals surface area (Å²) in [6, 6.07) is 18.9. The Balaban J connectivity index is 1.58. The Kier molecular flexibility index (Phi) is 5.13. The maximum absolute atomic E-state index is 5.77. The second kappa shape index (κ2) is 7.47. The second-order valence-corrected chi connectivity index (χ2v) is 6.68. The normalized spacial score (nSPS) is 12.3. The van der Waals surface area contributed by atoms with E-state index in [1.807, 2.05) is 6.07 Å². The molecule has 4 heteroatoms. The van der Waals surface area contributed by atoms with Crippen molar-refractivity contribution in [2.75, 3.05) is 0 Å². The smallest absolute Gasteiger partial charge is 0.276 e. The zero-order valence-corrected chi connectivity index (χ0v) is 14.2. The molecule has 0 amide bonds. The van der Waals surface area contributed by atoms with Gasteiger partial charge in [-0.05, 0) is 24.0 Å². The third-order valence-electron chi connectivity index (χ3n) is 3.74. The van der Waals surface area contributed by atoms with Gasteiger partial charge in [-0.1, -0.05) is 78.8 Å². The lowest BCUT2D eigenvalue weighted by Crippen LogP contribution is -1.98. The van der Waals surface area contributed by atoms with Gasteiger partial charge in [-0.15, -0.1) is 10.2 Å². The van der Waals surface area contributed by atoms with Crippen LogP contribution in [0.25, 0.3) is 0 Å². The van der Waals surface area contributed by atoms with E-state index < -0.39 is 0 Å². The van der Waals surface area contributed by atoms with E-state index in [0.717, 1.165) is 12.2 Å². The van der Waals surface area contributed by atoms with E-state index in [2.05, 4.69) is 72.6 Å². The first-order valence-corrected chi connectivity index (χ1v) is 8.75. The van der Waals surface area contributed by atoms with Crippen molar-refractivity contribution < 1.29 is 4.42 Å². The minimum absolute atomic E-state index is 0.367. The summed E-state index contributed by atoms with van der Waals surface area (Å²) in [5.41, 5.74) is 3.83. The fraction of sp³-hybridized carbons (Fsp3) is 0.263. The molecule has 0 saturated carbocycles. The van der Waals surface area contributed by atoms with Gasteiger partial charge < -0.3 is 4.42 Å². The van der Waals surface area contributed by atoms with Crippen molar-refractivity contribution in [1.82, 2.24) is 10.2 Å². The summed E-state index contributed by atoms with van der Waals surface area (Å²) in [6.07, 6.45) is 0.766. The Hall–Kier alpha value is -2.07. The maximum Gasteiger partial charge on any atom is 0.276 e. The molecule has 118 valence electrons. The molecule has 0 saturated heterocycles. The van der Waals surface area contributed by atoms with Crippen molar-refractivity contribution in [2.45, 2.75) is 37.2 Å². The molecule has 1 unspecified atom stereocenters. The molecule has 1 aromatic heterocycles. The van der Waals surface area contributed by atoms with E-state index in [-0.39, 0.29) is 0 Å². The van der Waals surface area contributed by atoms with Crippen LogP contribution in [0.3, 0.4) is 0 Å². The van der Waals surface area contributed by atoms with Crippen LogP contribution in [0.1, 0.15) is 35.4 Å². The van der Waals surface area contributed by atoms with Crippen LogP contribution in [0.2, 0.25) is 0 Å². The maximum atomic E-state index is 5.77. The molecule has 3 nitrogen and oxygen atoms in total. The quantitative estimate of drug-likeness (QED) is 0.597. The Morgan fingerprint density at radius 1 is 1.04 bits per heavy atom. The van der Waals surface area contributed by atoms with Gasteiger partial charge in [-0.3, -0.25) is 0 Å². The summed E-state index contributed by atoms with van der Waals surface area (Å²) in [5, 5.41) is 8.96. The summed E-state index contributed by atoms with van der Waals surface area (Å²) in [5.74, 6) is 1.91. The van der Waals surface area contributed by atoms with Gasteiger partial charge in [0.05, 0.1) is 0 Å². The molecule has 1 heterocycles. The zero-order valence-electron chi connectivity index (χ0n) is 13.4. The predicted molar refractivity (Wildman–Crippen MR) is 93.6 cm³/mol. The van der Waals surface area contributed by atoms with Crippen molar-refractivity contribution in [3.63, 3.8) is 0 Å². The van der Waals surface area contributed by atoms with Crippen LogP contribution in [0.15, 0.2) is 64.2 Å². The van der Waals surface area contributed by atoms with Crippen LogP contribution < -0.4 is 0 Å². The highest BCUT2D eigenvalue weighted by molar-refractivity contribution is 7.98. The van der Waals surface area contributed by atoms with Gasteiger partial charge in [0.1, 0.15) is 0 Å². The van der Waals surface area contributed by atoms with Crippen LogP contribution in [0, 0.1) is 6.92 Å². The number of aromatic nitrogens is 2. The summed E-state index contributed by atoms with van der Waals surface area (Å²) in [6.45, 7) is 4.28. The highest BCUT2D eigenvalue weighted by Crippen LogP contribution is 2.24. The number of thioether (sulfide) groups is 1. The lowest BCUT2D eigenvalue weighted by atomic mass is 9.98. The Labute approximate surface area is 141 Å². The van der Waals surface area contributed by atoms with E-state index >= 15 is 0 Å². The van der Waals surface area contributed by atoms with Crippen LogP contribution >= 0.6 is 11.8 Å². The summed E-state index contributed by atoms with van der Waals surface area (Å²) in [7, 11) is 0. The molecule has 0 N–H and O–H groups in total. The van der Waals surface area contributed by atoms with Crippen molar-refractivity contribution in [2.24, 2.45) is 0 Å². The molecule has 0 aliphatic rings. The number of hydrogen-bond acceptors (Lipinski definition) is 4. The minimum atomic E-state index is 0.367. The van der Waals surface area contributed by atoms with E-state index in [0.29, 0.717) is 17.0 Å². The summed E-state index contributed by atoms with van der Waals surface area (Å²) in [4.78, 5) is 0. The van der Waals surface area contributed by atoms with Gasteiger partial charge >= 0.3 is 0 Å². The van der Waals surface area contributed by atoms with E-state index in [1.54, 1.807) is 11.8 Å². The highest BCUT2D eigenvalue weighted by atomic mass is 32.2. The Bertz CT molecular complexity index is 755. The first kappa shape index (κ1) is 15.8. The van der Waals surface area contributed by atoms with Gasteiger partial charge in [-0.25, -0.2) is 0 Å². The van der Waals surface area contributed by atoms with E-state index in [9.17, 15) is 0 Å². The number of aryl methyl sites for hydroxylation is 1. The number of hydrogen-bond donors (Lipinski definition) is 0. The van der Waals surface area contributed by atoms with Crippen molar-refractivity contribution in [3.8, 4) is 0 Å². The van der Waals surface area contributed by atoms with Crippen LogP contribution in [0.4, 0.5) is 0 Å². The van der Waals surface area contributed by atoms with Gasteiger partial charge in [0.15, 0.2) is 0 Å². The third kappa shape index (κ3) is 4.45. The molecule has 3 rings (SSSR count). The lowest BCUT2D eigenvalue weighted by Gasteiger charge is -2.08. The molecule has 2 aromatic carbocycles. The molecule has 0 aliphatic heterocycles. The van der Waals surface area contributed by atoms with E-state index in [4.69, 9.17) is 4.42 Å². The molecule has 0 fully saturated rings. The standard InChI is InChI=1S/C19H20N2OS/c1-14-7-6-8-16(11-14)13-23-19-21-20-18(22-19)12-15(2)17-9-4-3-5-10-17/h3-11,15H,12-13H2,1-2H3. The van der Waals surface area contributed by atoms with Crippen LogP contribution in [-0.4, -0.2) is 10.2 Å².